The van der Waals surface area contributed by atoms with Crippen LogP contribution in [0.5, 0.6) is 0 Å². The summed E-state index contributed by atoms with van der Waals surface area (Å²) in [5, 5.41) is 9.81. The number of aromatic nitrogens is 1. The summed E-state index contributed by atoms with van der Waals surface area (Å²) in [5.74, 6) is 0.170. The Balaban J connectivity index is 2.28. The molecule has 0 spiro atoms. The minimum atomic E-state index is -0.960. The first-order valence-corrected chi connectivity index (χ1v) is 6.76. The van der Waals surface area contributed by atoms with Crippen molar-refractivity contribution in [3.8, 4) is 11.3 Å². The fourth-order valence-electron chi connectivity index (χ4n) is 2.14. The van der Waals surface area contributed by atoms with E-state index in [1.54, 1.807) is 20.9 Å². The lowest BCUT2D eigenvalue weighted by molar-refractivity contribution is 0.0365. The van der Waals surface area contributed by atoms with Gasteiger partial charge in [-0.2, -0.15) is 0 Å². The van der Waals surface area contributed by atoms with Gasteiger partial charge in [0, 0.05) is 19.2 Å². The van der Waals surface area contributed by atoms with Crippen molar-refractivity contribution in [1.82, 2.24) is 9.88 Å². The molecule has 1 aromatic carbocycles. The lowest BCUT2D eigenvalue weighted by atomic mass is 10.1. The average Bonchev–Trinajstić information content (AvgIpc) is 2.85. The lowest BCUT2D eigenvalue weighted by Crippen LogP contribution is -2.40. The number of nitrogens with zero attached hydrogens (tertiary/aromatic N) is 2. The fourth-order valence-corrected chi connectivity index (χ4v) is 2.14. The molecule has 0 fully saturated rings. The first-order chi connectivity index (χ1) is 9.78. The molecule has 1 aromatic heterocycles. The number of aryl methyl sites for hydroxylation is 1. The zero-order valence-electron chi connectivity index (χ0n) is 12.8. The van der Waals surface area contributed by atoms with Crippen LogP contribution in [0, 0.1) is 6.92 Å². The van der Waals surface area contributed by atoms with Gasteiger partial charge in [0.05, 0.1) is 5.60 Å². The van der Waals surface area contributed by atoms with Crippen molar-refractivity contribution in [3.05, 3.63) is 41.9 Å². The third-order valence-electron chi connectivity index (χ3n) is 3.05. The molecule has 0 unspecified atom stereocenters. The summed E-state index contributed by atoms with van der Waals surface area (Å²) in [5.41, 5.74) is 1.23. The molecule has 112 valence electrons. The molecule has 1 N–H and O–H groups in total. The highest BCUT2D eigenvalue weighted by Gasteiger charge is 2.25. The average molecular weight is 288 g/mol. The van der Waals surface area contributed by atoms with Crippen LogP contribution < -0.4 is 0 Å². The number of oxazole rings is 1. The van der Waals surface area contributed by atoms with Crippen LogP contribution in [0.25, 0.3) is 11.3 Å². The van der Waals surface area contributed by atoms with Crippen LogP contribution in [0.3, 0.4) is 0 Å². The van der Waals surface area contributed by atoms with Crippen molar-refractivity contribution < 1.29 is 14.3 Å². The second-order valence-electron chi connectivity index (χ2n) is 5.87. The van der Waals surface area contributed by atoms with Crippen LogP contribution in [-0.4, -0.2) is 40.1 Å². The first kappa shape index (κ1) is 15.3. The smallest absolute Gasteiger partial charge is 0.276 e. The largest absolute Gasteiger partial charge is 0.443 e. The molecular weight excluding hydrogens is 268 g/mol. The van der Waals surface area contributed by atoms with Gasteiger partial charge < -0.3 is 14.4 Å². The summed E-state index contributed by atoms with van der Waals surface area (Å²) in [6, 6.07) is 7.69. The zero-order chi connectivity index (χ0) is 15.6. The van der Waals surface area contributed by atoms with Gasteiger partial charge in [0.1, 0.15) is 0 Å². The number of carbonyl (C=O) groups excluding carboxylic acids is 1. The maximum Gasteiger partial charge on any atom is 0.276 e. The Morgan fingerprint density at radius 1 is 1.33 bits per heavy atom. The Hall–Kier alpha value is -2.14. The SMILES string of the molecule is Cc1ccc(-c2ocnc2C(=O)N(C)CC(C)(C)O)cc1. The first-order valence-electron chi connectivity index (χ1n) is 6.76. The van der Waals surface area contributed by atoms with E-state index in [-0.39, 0.29) is 18.1 Å². The highest BCUT2D eigenvalue weighted by atomic mass is 16.3. The normalized spacial score (nSPS) is 11.5. The Bertz CT molecular complexity index is 624. The van der Waals surface area contributed by atoms with E-state index in [9.17, 15) is 9.90 Å². The summed E-state index contributed by atoms with van der Waals surface area (Å²) in [4.78, 5) is 17.9. The number of hydrogen-bond acceptors (Lipinski definition) is 4. The van der Waals surface area contributed by atoms with Crippen LogP contribution in [0.4, 0.5) is 0 Å². The predicted octanol–water partition coefficient (Wildman–Crippen LogP) is 2.49. The van der Waals surface area contributed by atoms with Gasteiger partial charge >= 0.3 is 0 Å². The van der Waals surface area contributed by atoms with Crippen LogP contribution in [0.15, 0.2) is 35.1 Å². The number of amides is 1. The molecule has 0 atom stereocenters. The van der Waals surface area contributed by atoms with E-state index in [4.69, 9.17) is 4.42 Å². The Kier molecular flexibility index (Phi) is 4.14. The third-order valence-corrected chi connectivity index (χ3v) is 3.05. The van der Waals surface area contributed by atoms with Gasteiger partial charge in [-0.15, -0.1) is 0 Å². The third kappa shape index (κ3) is 3.70. The van der Waals surface area contributed by atoms with E-state index in [1.807, 2.05) is 31.2 Å². The topological polar surface area (TPSA) is 66.6 Å². The van der Waals surface area contributed by atoms with Gasteiger partial charge in [0.25, 0.3) is 5.91 Å². The molecule has 1 amide bonds. The van der Waals surface area contributed by atoms with Crippen molar-refractivity contribution in [2.24, 2.45) is 0 Å². The Morgan fingerprint density at radius 2 is 1.95 bits per heavy atom. The van der Waals surface area contributed by atoms with Crippen molar-refractivity contribution in [3.63, 3.8) is 0 Å². The zero-order valence-corrected chi connectivity index (χ0v) is 12.8. The molecule has 0 aliphatic rings. The molecule has 2 aromatic rings. The van der Waals surface area contributed by atoms with Gasteiger partial charge in [0.15, 0.2) is 17.8 Å². The summed E-state index contributed by atoms with van der Waals surface area (Å²) in [7, 11) is 1.63. The number of rotatable bonds is 4. The van der Waals surface area contributed by atoms with Gasteiger partial charge in [-0.05, 0) is 20.8 Å². The summed E-state index contributed by atoms with van der Waals surface area (Å²) < 4.78 is 5.37. The number of hydrogen-bond donors (Lipinski definition) is 1. The van der Waals surface area contributed by atoms with Gasteiger partial charge in [0.2, 0.25) is 0 Å². The van der Waals surface area contributed by atoms with Crippen LogP contribution in [0.2, 0.25) is 0 Å². The summed E-state index contributed by atoms with van der Waals surface area (Å²) in [6.07, 6.45) is 1.26. The fraction of sp³-hybridized carbons (Fsp3) is 0.375. The van der Waals surface area contributed by atoms with Crippen LogP contribution in [-0.2, 0) is 0 Å². The van der Waals surface area contributed by atoms with Crippen LogP contribution >= 0.6 is 0 Å². The van der Waals surface area contributed by atoms with Crippen molar-refractivity contribution >= 4 is 5.91 Å². The van der Waals surface area contributed by atoms with E-state index < -0.39 is 5.60 Å². The van der Waals surface area contributed by atoms with E-state index in [0.29, 0.717) is 5.76 Å². The number of carbonyl (C=O) groups is 1. The van der Waals surface area contributed by atoms with Gasteiger partial charge in [-0.25, -0.2) is 4.98 Å². The van der Waals surface area contributed by atoms with Crippen molar-refractivity contribution in [1.29, 1.82) is 0 Å². The predicted molar refractivity (Wildman–Crippen MR) is 79.9 cm³/mol. The second-order valence-corrected chi connectivity index (χ2v) is 5.87. The highest BCUT2D eigenvalue weighted by molar-refractivity contribution is 5.97. The van der Waals surface area contributed by atoms with Gasteiger partial charge in [-0.3, -0.25) is 4.79 Å². The number of aliphatic hydroxyl groups is 1. The Morgan fingerprint density at radius 3 is 2.52 bits per heavy atom. The quantitative estimate of drug-likeness (QED) is 0.938. The molecule has 1 heterocycles. The standard InChI is InChI=1S/C16H20N2O3/c1-11-5-7-12(8-6-11)14-13(17-10-21-14)15(19)18(4)9-16(2,3)20/h5-8,10,20H,9H2,1-4H3. The van der Waals surface area contributed by atoms with E-state index >= 15 is 0 Å². The molecule has 0 saturated carbocycles. The Labute approximate surface area is 124 Å². The molecule has 2 rings (SSSR count). The van der Waals surface area contributed by atoms with Crippen molar-refractivity contribution in [2.45, 2.75) is 26.4 Å². The monoisotopic (exact) mass is 288 g/mol. The molecule has 0 aliphatic carbocycles. The maximum absolute atomic E-state index is 12.4. The lowest BCUT2D eigenvalue weighted by Gasteiger charge is -2.25. The molecule has 21 heavy (non-hydrogen) atoms. The minimum absolute atomic E-state index is 0.214. The maximum atomic E-state index is 12.4. The van der Waals surface area contributed by atoms with Gasteiger partial charge in [-0.1, -0.05) is 29.8 Å². The molecule has 5 heteroatoms. The molecule has 5 nitrogen and oxygen atoms in total. The molecule has 0 saturated heterocycles. The summed E-state index contributed by atoms with van der Waals surface area (Å²) >= 11 is 0. The number of likely N-dealkylation sites (N-methyl/N-ethyl adjacent to an activating group) is 1. The second kappa shape index (κ2) is 5.69. The van der Waals surface area contributed by atoms with Crippen molar-refractivity contribution in [2.75, 3.05) is 13.6 Å². The molecule has 0 radical (unpaired) electrons. The van der Waals surface area contributed by atoms with Crippen LogP contribution in [0.1, 0.15) is 29.9 Å². The molecule has 0 aliphatic heterocycles. The van der Waals surface area contributed by atoms with E-state index in [2.05, 4.69) is 4.98 Å². The van der Waals surface area contributed by atoms with E-state index in [1.165, 1.54) is 11.3 Å². The molecular formula is C16H20N2O3. The minimum Gasteiger partial charge on any atom is -0.443 e. The highest BCUT2D eigenvalue weighted by Crippen LogP contribution is 2.24. The van der Waals surface area contributed by atoms with E-state index in [0.717, 1.165) is 11.1 Å². The number of benzene rings is 1. The summed E-state index contributed by atoms with van der Waals surface area (Å²) in [6.45, 7) is 5.51. The molecule has 0 bridgehead atoms.